The Kier molecular flexibility index (Phi) is 5.42. The number of hydrogen-bond acceptors (Lipinski definition) is 4. The van der Waals surface area contributed by atoms with Crippen LogP contribution in [0.15, 0.2) is 0 Å². The molecular formula is C14H27NO3. The van der Waals surface area contributed by atoms with Gasteiger partial charge < -0.3 is 14.6 Å². The Morgan fingerprint density at radius 1 is 0.944 bits per heavy atom. The minimum Gasteiger partial charge on any atom is -0.394 e. The monoisotopic (exact) mass is 257 g/mol. The first-order chi connectivity index (χ1) is 8.75. The predicted octanol–water partition coefficient (Wildman–Crippen LogP) is 1.42. The van der Waals surface area contributed by atoms with E-state index in [9.17, 15) is 0 Å². The molecule has 2 aliphatic rings. The summed E-state index contributed by atoms with van der Waals surface area (Å²) >= 11 is 0. The molecule has 18 heavy (non-hydrogen) atoms. The average molecular weight is 257 g/mol. The highest BCUT2D eigenvalue weighted by Gasteiger charge is 2.30. The van der Waals surface area contributed by atoms with Crippen molar-refractivity contribution in [3.05, 3.63) is 0 Å². The molecular weight excluding hydrogens is 230 g/mol. The molecule has 2 fully saturated rings. The van der Waals surface area contributed by atoms with Crippen molar-refractivity contribution in [3.8, 4) is 0 Å². The second-order valence-electron chi connectivity index (χ2n) is 5.56. The maximum atomic E-state index is 9.09. The highest BCUT2D eigenvalue weighted by atomic mass is 16.5. The van der Waals surface area contributed by atoms with E-state index in [0.717, 1.165) is 45.3 Å². The second kappa shape index (κ2) is 6.85. The van der Waals surface area contributed by atoms with Crippen LogP contribution in [0.25, 0.3) is 0 Å². The number of aliphatic hydroxyl groups excluding tert-OH is 1. The molecule has 0 aromatic heterocycles. The summed E-state index contributed by atoms with van der Waals surface area (Å²) in [7, 11) is 0. The fourth-order valence-corrected chi connectivity index (χ4v) is 2.95. The summed E-state index contributed by atoms with van der Waals surface area (Å²) in [6, 6.07) is 0. The third-order valence-electron chi connectivity index (χ3n) is 4.08. The maximum Gasteiger partial charge on any atom is 0.0811 e. The standard InChI is InChI=1S/C14H27NO3/c1-3-11-7-15(8-12(4-2)17-11)9-13-5-6-14(10-16)18-13/h11-14,16H,3-10H2,1-2H3/t11?,12?,13-,14+/m0/s1. The van der Waals surface area contributed by atoms with Crippen LogP contribution >= 0.6 is 0 Å². The SMILES string of the molecule is CCC1CN(C[C@@H]2CC[C@H](CO)O2)CC(CC)O1. The van der Waals surface area contributed by atoms with Crippen molar-refractivity contribution in [2.45, 2.75) is 63.9 Å². The zero-order valence-corrected chi connectivity index (χ0v) is 11.7. The molecule has 1 N–H and O–H groups in total. The van der Waals surface area contributed by atoms with Crippen LogP contribution in [0, 0.1) is 0 Å². The van der Waals surface area contributed by atoms with E-state index in [4.69, 9.17) is 14.6 Å². The number of rotatable bonds is 5. The molecule has 0 bridgehead atoms. The van der Waals surface area contributed by atoms with Crippen LogP contribution in [0.3, 0.4) is 0 Å². The third-order valence-corrected chi connectivity index (χ3v) is 4.08. The average Bonchev–Trinajstić information content (AvgIpc) is 2.85. The lowest BCUT2D eigenvalue weighted by Gasteiger charge is -2.38. The van der Waals surface area contributed by atoms with Gasteiger partial charge in [-0.2, -0.15) is 0 Å². The van der Waals surface area contributed by atoms with Crippen LogP contribution in [0.1, 0.15) is 39.5 Å². The minimum absolute atomic E-state index is 0.0694. The van der Waals surface area contributed by atoms with Gasteiger partial charge in [-0.1, -0.05) is 13.8 Å². The largest absolute Gasteiger partial charge is 0.394 e. The van der Waals surface area contributed by atoms with E-state index in [1.807, 2.05) is 0 Å². The van der Waals surface area contributed by atoms with Crippen LogP contribution in [-0.4, -0.2) is 60.7 Å². The molecule has 2 saturated heterocycles. The van der Waals surface area contributed by atoms with Gasteiger partial charge in [-0.3, -0.25) is 4.90 Å². The summed E-state index contributed by atoms with van der Waals surface area (Å²) < 4.78 is 11.8. The fourth-order valence-electron chi connectivity index (χ4n) is 2.95. The van der Waals surface area contributed by atoms with Crippen LogP contribution in [0.2, 0.25) is 0 Å². The molecule has 4 heteroatoms. The topological polar surface area (TPSA) is 41.9 Å². The molecule has 0 saturated carbocycles. The van der Waals surface area contributed by atoms with E-state index in [-0.39, 0.29) is 12.7 Å². The molecule has 2 rings (SSSR count). The van der Waals surface area contributed by atoms with Crippen LogP contribution in [0.5, 0.6) is 0 Å². The van der Waals surface area contributed by atoms with Gasteiger partial charge >= 0.3 is 0 Å². The molecule has 2 aliphatic heterocycles. The van der Waals surface area contributed by atoms with E-state index >= 15 is 0 Å². The van der Waals surface area contributed by atoms with E-state index < -0.39 is 0 Å². The van der Waals surface area contributed by atoms with Crippen molar-refractivity contribution in [2.75, 3.05) is 26.2 Å². The summed E-state index contributed by atoms with van der Waals surface area (Å²) in [6.45, 7) is 7.58. The Bertz CT molecular complexity index is 237. The predicted molar refractivity (Wildman–Crippen MR) is 70.7 cm³/mol. The van der Waals surface area contributed by atoms with E-state index in [0.29, 0.717) is 18.3 Å². The summed E-state index contributed by atoms with van der Waals surface area (Å²) in [5.74, 6) is 0. The highest BCUT2D eigenvalue weighted by molar-refractivity contribution is 4.81. The lowest BCUT2D eigenvalue weighted by atomic mass is 10.1. The molecule has 0 aromatic rings. The fraction of sp³-hybridized carbons (Fsp3) is 1.00. The summed E-state index contributed by atoms with van der Waals surface area (Å²) in [4.78, 5) is 2.48. The van der Waals surface area contributed by atoms with Crippen molar-refractivity contribution < 1.29 is 14.6 Å². The molecule has 4 nitrogen and oxygen atoms in total. The smallest absolute Gasteiger partial charge is 0.0811 e. The molecule has 2 unspecified atom stereocenters. The number of aliphatic hydroxyl groups is 1. The first-order valence-electron chi connectivity index (χ1n) is 7.39. The quantitative estimate of drug-likeness (QED) is 0.809. The van der Waals surface area contributed by atoms with E-state index in [2.05, 4.69) is 18.7 Å². The third kappa shape index (κ3) is 3.67. The lowest BCUT2D eigenvalue weighted by Crippen LogP contribution is -2.49. The van der Waals surface area contributed by atoms with Crippen molar-refractivity contribution in [3.63, 3.8) is 0 Å². The van der Waals surface area contributed by atoms with E-state index in [1.54, 1.807) is 0 Å². The Morgan fingerprint density at radius 3 is 2.00 bits per heavy atom. The number of morpholine rings is 1. The molecule has 106 valence electrons. The summed E-state index contributed by atoms with van der Waals surface area (Å²) in [5, 5.41) is 9.09. The van der Waals surface area contributed by atoms with Crippen molar-refractivity contribution in [1.29, 1.82) is 0 Å². The Morgan fingerprint density at radius 2 is 1.50 bits per heavy atom. The Hall–Kier alpha value is -0.160. The summed E-state index contributed by atoms with van der Waals surface area (Å²) in [6.07, 6.45) is 5.36. The van der Waals surface area contributed by atoms with E-state index in [1.165, 1.54) is 0 Å². The van der Waals surface area contributed by atoms with Crippen molar-refractivity contribution in [1.82, 2.24) is 4.90 Å². The first-order valence-corrected chi connectivity index (χ1v) is 7.39. The van der Waals surface area contributed by atoms with Gasteiger partial charge in [0.2, 0.25) is 0 Å². The van der Waals surface area contributed by atoms with Gasteiger partial charge in [-0.25, -0.2) is 0 Å². The molecule has 0 amide bonds. The van der Waals surface area contributed by atoms with Gasteiger partial charge in [0.15, 0.2) is 0 Å². The number of ether oxygens (including phenoxy) is 2. The minimum atomic E-state index is 0.0694. The van der Waals surface area contributed by atoms with Crippen molar-refractivity contribution >= 4 is 0 Å². The summed E-state index contributed by atoms with van der Waals surface area (Å²) in [5.41, 5.74) is 0. The van der Waals surface area contributed by atoms with Crippen LogP contribution in [-0.2, 0) is 9.47 Å². The molecule has 0 aromatic carbocycles. The zero-order chi connectivity index (χ0) is 13.0. The van der Waals surface area contributed by atoms with Crippen LogP contribution in [0.4, 0.5) is 0 Å². The first kappa shape index (κ1) is 14.3. The molecule has 2 heterocycles. The Labute approximate surface area is 110 Å². The highest BCUT2D eigenvalue weighted by Crippen LogP contribution is 2.22. The number of nitrogens with zero attached hydrogens (tertiary/aromatic N) is 1. The van der Waals surface area contributed by atoms with Gasteiger partial charge in [-0.15, -0.1) is 0 Å². The van der Waals surface area contributed by atoms with Gasteiger partial charge in [0.25, 0.3) is 0 Å². The molecule has 0 radical (unpaired) electrons. The van der Waals surface area contributed by atoms with Gasteiger partial charge in [0, 0.05) is 19.6 Å². The second-order valence-corrected chi connectivity index (χ2v) is 5.56. The van der Waals surface area contributed by atoms with Gasteiger partial charge in [-0.05, 0) is 25.7 Å². The molecule has 4 atom stereocenters. The van der Waals surface area contributed by atoms with Crippen LogP contribution < -0.4 is 0 Å². The van der Waals surface area contributed by atoms with Gasteiger partial charge in [0.05, 0.1) is 31.0 Å². The normalized spacial score (nSPS) is 38.2. The van der Waals surface area contributed by atoms with Crippen molar-refractivity contribution in [2.24, 2.45) is 0 Å². The molecule has 0 aliphatic carbocycles. The molecule has 0 spiro atoms. The number of hydrogen-bond donors (Lipinski definition) is 1. The Balaban J connectivity index is 1.81. The lowest BCUT2D eigenvalue weighted by molar-refractivity contribution is -0.0989. The maximum absolute atomic E-state index is 9.09. The zero-order valence-electron chi connectivity index (χ0n) is 11.7. The van der Waals surface area contributed by atoms with Gasteiger partial charge in [0.1, 0.15) is 0 Å².